The van der Waals surface area contributed by atoms with E-state index in [1.807, 2.05) is 0 Å². The molecule has 3 aliphatic carbocycles. The van der Waals surface area contributed by atoms with Crippen LogP contribution in [0.1, 0.15) is 58.8 Å². The third kappa shape index (κ3) is 2.08. The molecule has 116 valence electrons. The number of hydrogen-bond donors (Lipinski definition) is 0. The Bertz CT molecular complexity index is 477. The minimum atomic E-state index is -0.320. The van der Waals surface area contributed by atoms with Crippen molar-refractivity contribution in [2.24, 2.45) is 17.8 Å². The van der Waals surface area contributed by atoms with Crippen molar-refractivity contribution in [2.75, 3.05) is 0 Å². The average Bonchev–Trinajstić information content (AvgIpc) is 2.93. The van der Waals surface area contributed by atoms with Crippen molar-refractivity contribution in [1.82, 2.24) is 0 Å². The molecular weight excluding hydrogens is 264 g/mol. The third-order valence-electron chi connectivity index (χ3n) is 6.54. The van der Waals surface area contributed by atoms with E-state index in [9.17, 15) is 4.79 Å². The molecular formula is C18H26O3. The fraction of sp³-hybridized carbons (Fsp3) is 0.833. The Hall–Kier alpha value is -0.830. The first-order valence-electron chi connectivity index (χ1n) is 8.65. The van der Waals surface area contributed by atoms with E-state index in [0.29, 0.717) is 11.8 Å². The molecule has 0 spiro atoms. The van der Waals surface area contributed by atoms with Crippen LogP contribution in [-0.4, -0.2) is 23.3 Å². The topological polar surface area (TPSA) is 38.8 Å². The molecule has 1 heterocycles. The lowest BCUT2D eigenvalue weighted by Crippen LogP contribution is -2.36. The minimum Gasteiger partial charge on any atom is -0.457 e. The van der Waals surface area contributed by atoms with Gasteiger partial charge in [-0.25, -0.2) is 4.79 Å². The zero-order valence-electron chi connectivity index (χ0n) is 13.1. The Morgan fingerprint density at radius 1 is 1.29 bits per heavy atom. The number of ether oxygens (including phenoxy) is 2. The highest BCUT2D eigenvalue weighted by molar-refractivity contribution is 5.80. The van der Waals surface area contributed by atoms with Crippen LogP contribution >= 0.6 is 0 Å². The van der Waals surface area contributed by atoms with Gasteiger partial charge in [0, 0.05) is 0 Å². The van der Waals surface area contributed by atoms with Crippen LogP contribution in [0.3, 0.4) is 0 Å². The average molecular weight is 290 g/mol. The van der Waals surface area contributed by atoms with Gasteiger partial charge in [0.15, 0.2) is 6.10 Å². The number of hydrogen-bond acceptors (Lipinski definition) is 3. The second-order valence-corrected chi connectivity index (χ2v) is 7.73. The second kappa shape index (κ2) is 4.58. The molecule has 2 bridgehead atoms. The van der Waals surface area contributed by atoms with Gasteiger partial charge >= 0.3 is 5.97 Å². The zero-order valence-corrected chi connectivity index (χ0v) is 13.1. The Morgan fingerprint density at radius 3 is 2.62 bits per heavy atom. The van der Waals surface area contributed by atoms with E-state index in [2.05, 4.69) is 26.0 Å². The molecule has 3 nitrogen and oxygen atoms in total. The van der Waals surface area contributed by atoms with Crippen LogP contribution in [0.25, 0.3) is 0 Å². The van der Waals surface area contributed by atoms with Gasteiger partial charge in [-0.2, -0.15) is 0 Å². The van der Waals surface area contributed by atoms with Crippen LogP contribution < -0.4 is 0 Å². The molecule has 2 saturated carbocycles. The van der Waals surface area contributed by atoms with Crippen LogP contribution in [0.15, 0.2) is 12.2 Å². The van der Waals surface area contributed by atoms with E-state index in [1.165, 1.54) is 25.7 Å². The lowest BCUT2D eigenvalue weighted by atomic mass is 9.81. The molecule has 5 unspecified atom stereocenters. The Balaban J connectivity index is 1.42. The minimum absolute atomic E-state index is 0.104. The zero-order chi connectivity index (χ0) is 14.7. The summed E-state index contributed by atoms with van der Waals surface area (Å²) in [6.07, 6.45) is 12.1. The third-order valence-corrected chi connectivity index (χ3v) is 6.54. The molecule has 0 aromatic rings. The first kappa shape index (κ1) is 13.8. The normalized spacial score (nSPS) is 46.0. The van der Waals surface area contributed by atoms with Gasteiger partial charge in [0.25, 0.3) is 0 Å². The summed E-state index contributed by atoms with van der Waals surface area (Å²) in [5, 5.41) is 0. The SMILES string of the molecule is CCC1(OC(=O)C2OC2(C)C2CC3C=CC2C3)CCCC1. The molecule has 0 radical (unpaired) electrons. The summed E-state index contributed by atoms with van der Waals surface area (Å²) in [7, 11) is 0. The quantitative estimate of drug-likeness (QED) is 0.451. The van der Waals surface area contributed by atoms with E-state index in [-0.39, 0.29) is 23.3 Å². The van der Waals surface area contributed by atoms with Crippen LogP contribution in [0.2, 0.25) is 0 Å². The number of rotatable bonds is 4. The molecule has 4 rings (SSSR count). The number of carbonyl (C=O) groups is 1. The molecule has 3 heteroatoms. The lowest BCUT2D eigenvalue weighted by molar-refractivity contribution is -0.161. The predicted molar refractivity (Wildman–Crippen MR) is 79.7 cm³/mol. The van der Waals surface area contributed by atoms with Crippen molar-refractivity contribution in [3.8, 4) is 0 Å². The predicted octanol–water partition coefficient (Wildman–Crippen LogP) is 3.62. The summed E-state index contributed by atoms with van der Waals surface area (Å²) in [4.78, 5) is 12.5. The van der Waals surface area contributed by atoms with Crippen LogP contribution in [-0.2, 0) is 14.3 Å². The highest BCUT2D eigenvalue weighted by Crippen LogP contribution is 2.57. The first-order valence-corrected chi connectivity index (χ1v) is 8.65. The first-order chi connectivity index (χ1) is 10.1. The van der Waals surface area contributed by atoms with Gasteiger partial charge in [-0.1, -0.05) is 19.1 Å². The molecule has 0 N–H and O–H groups in total. The van der Waals surface area contributed by atoms with Crippen molar-refractivity contribution < 1.29 is 14.3 Å². The number of epoxide rings is 1. The fourth-order valence-electron chi connectivity index (χ4n) is 5.04. The highest BCUT2D eigenvalue weighted by Gasteiger charge is 2.66. The van der Waals surface area contributed by atoms with Gasteiger partial charge in [-0.3, -0.25) is 0 Å². The molecule has 4 aliphatic rings. The summed E-state index contributed by atoms with van der Waals surface area (Å²) in [5.74, 6) is 1.73. The maximum absolute atomic E-state index is 12.5. The summed E-state index contributed by atoms with van der Waals surface area (Å²) in [5.41, 5.74) is -0.465. The summed E-state index contributed by atoms with van der Waals surface area (Å²) < 4.78 is 11.8. The van der Waals surface area contributed by atoms with Crippen molar-refractivity contribution in [2.45, 2.75) is 76.1 Å². The largest absolute Gasteiger partial charge is 0.457 e. The lowest BCUT2D eigenvalue weighted by Gasteiger charge is -2.28. The van der Waals surface area contributed by atoms with Gasteiger partial charge in [-0.05, 0) is 69.6 Å². The molecule has 1 saturated heterocycles. The maximum atomic E-state index is 12.5. The molecule has 3 fully saturated rings. The Kier molecular flexibility index (Phi) is 3.01. The van der Waals surface area contributed by atoms with Gasteiger partial charge in [0.1, 0.15) is 11.2 Å². The number of carbonyl (C=O) groups excluding carboxylic acids is 1. The molecule has 0 aromatic heterocycles. The summed E-state index contributed by atoms with van der Waals surface area (Å²) in [6.45, 7) is 4.25. The van der Waals surface area contributed by atoms with Gasteiger partial charge in [0.2, 0.25) is 0 Å². The van der Waals surface area contributed by atoms with Crippen LogP contribution in [0.5, 0.6) is 0 Å². The van der Waals surface area contributed by atoms with Crippen molar-refractivity contribution in [3.63, 3.8) is 0 Å². The Labute approximate surface area is 127 Å². The van der Waals surface area contributed by atoms with Gasteiger partial charge < -0.3 is 9.47 Å². The van der Waals surface area contributed by atoms with Crippen LogP contribution in [0.4, 0.5) is 0 Å². The van der Waals surface area contributed by atoms with Crippen molar-refractivity contribution >= 4 is 5.97 Å². The summed E-state index contributed by atoms with van der Waals surface area (Å²) in [6, 6.07) is 0. The second-order valence-electron chi connectivity index (χ2n) is 7.73. The Morgan fingerprint density at radius 2 is 2.05 bits per heavy atom. The standard InChI is InChI=1S/C18H26O3/c1-3-18(8-4-5-9-18)21-16(19)15-17(2,20-15)14-11-12-6-7-13(14)10-12/h6-7,12-15H,3-5,8-11H2,1-2H3. The van der Waals surface area contributed by atoms with Crippen molar-refractivity contribution in [1.29, 1.82) is 0 Å². The van der Waals surface area contributed by atoms with Gasteiger partial charge in [0.05, 0.1) is 0 Å². The molecule has 0 aromatic carbocycles. The van der Waals surface area contributed by atoms with Crippen LogP contribution in [0, 0.1) is 17.8 Å². The number of allylic oxidation sites excluding steroid dienone is 2. The smallest absolute Gasteiger partial charge is 0.338 e. The monoisotopic (exact) mass is 290 g/mol. The van der Waals surface area contributed by atoms with Gasteiger partial charge in [-0.15, -0.1) is 0 Å². The molecule has 0 amide bonds. The molecule has 21 heavy (non-hydrogen) atoms. The number of fused-ring (bicyclic) bond motifs is 2. The van der Waals surface area contributed by atoms with E-state index in [4.69, 9.17) is 9.47 Å². The van der Waals surface area contributed by atoms with E-state index in [0.717, 1.165) is 25.2 Å². The number of esters is 1. The summed E-state index contributed by atoms with van der Waals surface area (Å²) >= 11 is 0. The fourth-order valence-corrected chi connectivity index (χ4v) is 5.04. The van der Waals surface area contributed by atoms with E-state index < -0.39 is 0 Å². The maximum Gasteiger partial charge on any atom is 0.338 e. The van der Waals surface area contributed by atoms with E-state index in [1.54, 1.807) is 0 Å². The molecule has 5 atom stereocenters. The van der Waals surface area contributed by atoms with E-state index >= 15 is 0 Å². The van der Waals surface area contributed by atoms with Crippen molar-refractivity contribution in [3.05, 3.63) is 12.2 Å². The highest BCUT2D eigenvalue weighted by atomic mass is 16.7. The molecule has 1 aliphatic heterocycles.